The van der Waals surface area contributed by atoms with Gasteiger partial charge in [-0.1, -0.05) is 184 Å². The van der Waals surface area contributed by atoms with Crippen LogP contribution in [0.1, 0.15) is 187 Å². The summed E-state index contributed by atoms with van der Waals surface area (Å²) >= 11 is 0. The van der Waals surface area contributed by atoms with Crippen LogP contribution in [0.2, 0.25) is 0 Å². The van der Waals surface area contributed by atoms with E-state index in [0.29, 0.717) is 19.3 Å². The van der Waals surface area contributed by atoms with Gasteiger partial charge in [0.2, 0.25) is 0 Å². The number of aliphatic hydroxyl groups excluding tert-OH is 3. The van der Waals surface area contributed by atoms with Gasteiger partial charge in [0.15, 0.2) is 12.4 Å². The van der Waals surface area contributed by atoms with Crippen molar-refractivity contribution in [3.05, 3.63) is 60.8 Å². The standard InChI is InChI=1S/C50H86O12S/c1-3-5-7-9-11-13-15-17-19-21-22-23-25-27-29-31-33-35-37-39-46(52)61-43(41-60-50-49(55)48(54)47(53)44(62-50)42-63(56,57)58)40-59-45(51)38-36-34-32-30-28-26-24-20-18-16-14-12-10-8-6-4-2/h11,13,17,19,22-23,27,29,33,35,43-44,47-50,53-55H,3-10,12,14-16,18,20-21,24-26,28,30-32,34,36-42H2,1-2H3,(H,56,57,58)/b13-11+,19-17+,23-22+,29-27+,35-33+/t43-,44-,47-,48?,49?,50+/m1/s1. The van der Waals surface area contributed by atoms with Crippen LogP contribution in [0.3, 0.4) is 0 Å². The van der Waals surface area contributed by atoms with E-state index in [1.807, 2.05) is 12.2 Å². The van der Waals surface area contributed by atoms with Crippen molar-refractivity contribution in [2.24, 2.45) is 0 Å². The molecule has 6 atom stereocenters. The van der Waals surface area contributed by atoms with E-state index >= 15 is 0 Å². The Morgan fingerprint density at radius 3 is 1.48 bits per heavy atom. The van der Waals surface area contributed by atoms with Gasteiger partial charge in [-0.05, 0) is 51.4 Å². The fourth-order valence-corrected chi connectivity index (χ4v) is 7.76. The quantitative estimate of drug-likeness (QED) is 0.0198. The number of aliphatic hydroxyl groups is 3. The maximum absolute atomic E-state index is 12.8. The lowest BCUT2D eigenvalue weighted by Crippen LogP contribution is -2.60. The van der Waals surface area contributed by atoms with Crippen LogP contribution in [-0.2, 0) is 38.7 Å². The Bertz CT molecular complexity index is 1390. The number of unbranched alkanes of at least 4 members (excludes halogenated alkanes) is 18. The van der Waals surface area contributed by atoms with Gasteiger partial charge in [0.1, 0.15) is 36.8 Å². The Kier molecular flexibility index (Phi) is 36.8. The SMILES string of the molecule is CCCCC/C=C/C/C=C/C/C=C/C/C=C/C/C=C/CCC(=O)O[C@H](COC(=O)CCCCCCCCCCCCCCCCCC)CO[C@H]1O[C@H](CS(=O)(=O)O)[C@@H](O)C(O)C1O. The van der Waals surface area contributed by atoms with Gasteiger partial charge in [-0.2, -0.15) is 8.42 Å². The van der Waals surface area contributed by atoms with Crippen molar-refractivity contribution in [2.45, 2.75) is 224 Å². The summed E-state index contributed by atoms with van der Waals surface area (Å²) in [6.45, 7) is 3.68. The Balaban J connectivity index is 2.47. The highest BCUT2D eigenvalue weighted by atomic mass is 32.2. The zero-order valence-electron chi connectivity index (χ0n) is 38.9. The zero-order chi connectivity index (χ0) is 46.2. The highest BCUT2D eigenvalue weighted by Gasteiger charge is 2.46. The van der Waals surface area contributed by atoms with Gasteiger partial charge < -0.3 is 34.3 Å². The first-order chi connectivity index (χ1) is 30.5. The largest absolute Gasteiger partial charge is 0.462 e. The van der Waals surface area contributed by atoms with Crippen LogP contribution in [-0.4, -0.2) is 96.0 Å². The van der Waals surface area contributed by atoms with Crippen LogP contribution >= 0.6 is 0 Å². The van der Waals surface area contributed by atoms with E-state index in [0.717, 1.165) is 44.9 Å². The number of hydrogen-bond acceptors (Lipinski definition) is 11. The average molecular weight is 911 g/mol. The lowest BCUT2D eigenvalue weighted by Gasteiger charge is -2.40. The second-order valence-corrected chi connectivity index (χ2v) is 18.3. The number of carbonyl (C=O) groups excluding carboxylic acids is 2. The Morgan fingerprint density at radius 1 is 0.540 bits per heavy atom. The Hall–Kier alpha value is -2.65. The van der Waals surface area contributed by atoms with E-state index < -0.39 is 71.2 Å². The molecule has 0 aromatic carbocycles. The van der Waals surface area contributed by atoms with Gasteiger partial charge in [-0.25, -0.2) is 0 Å². The number of ether oxygens (including phenoxy) is 4. The molecule has 0 aromatic rings. The summed E-state index contributed by atoms with van der Waals surface area (Å²) in [5.41, 5.74) is 0. The van der Waals surface area contributed by atoms with Crippen molar-refractivity contribution >= 4 is 22.1 Å². The van der Waals surface area contributed by atoms with Crippen LogP contribution in [0.5, 0.6) is 0 Å². The van der Waals surface area contributed by atoms with Gasteiger partial charge in [0, 0.05) is 12.8 Å². The average Bonchev–Trinajstić information content (AvgIpc) is 3.25. The molecule has 13 heteroatoms. The lowest BCUT2D eigenvalue weighted by molar-refractivity contribution is -0.297. The van der Waals surface area contributed by atoms with E-state index in [2.05, 4.69) is 62.5 Å². The molecule has 1 rings (SSSR count). The molecule has 1 saturated heterocycles. The molecule has 1 aliphatic rings. The summed E-state index contributed by atoms with van der Waals surface area (Å²) in [6.07, 6.45) is 39.9. The monoisotopic (exact) mass is 911 g/mol. The number of carbonyl (C=O) groups is 2. The van der Waals surface area contributed by atoms with E-state index in [-0.39, 0.29) is 19.4 Å². The zero-order valence-corrected chi connectivity index (χ0v) is 39.7. The smallest absolute Gasteiger partial charge is 0.306 e. The first-order valence-electron chi connectivity index (χ1n) is 24.3. The summed E-state index contributed by atoms with van der Waals surface area (Å²) < 4.78 is 54.1. The normalized spacial score (nSPS) is 20.3. The predicted octanol–water partition coefficient (Wildman–Crippen LogP) is 10.5. The molecule has 63 heavy (non-hydrogen) atoms. The third kappa shape index (κ3) is 34.4. The molecule has 0 aliphatic carbocycles. The predicted molar refractivity (Wildman–Crippen MR) is 252 cm³/mol. The molecule has 0 saturated carbocycles. The summed E-state index contributed by atoms with van der Waals surface area (Å²) in [5.74, 6) is -2.09. The molecule has 1 aliphatic heterocycles. The Morgan fingerprint density at radius 2 is 0.984 bits per heavy atom. The fourth-order valence-electron chi connectivity index (χ4n) is 7.07. The second kappa shape index (κ2) is 39.7. The van der Waals surface area contributed by atoms with E-state index in [9.17, 15) is 37.9 Å². The highest BCUT2D eigenvalue weighted by molar-refractivity contribution is 7.85. The number of esters is 2. The summed E-state index contributed by atoms with van der Waals surface area (Å²) in [6, 6.07) is 0. The highest BCUT2D eigenvalue weighted by Crippen LogP contribution is 2.24. The van der Waals surface area contributed by atoms with Crippen LogP contribution < -0.4 is 0 Å². The van der Waals surface area contributed by atoms with Gasteiger partial charge in [0.05, 0.1) is 6.61 Å². The van der Waals surface area contributed by atoms with Gasteiger partial charge in [-0.3, -0.25) is 14.1 Å². The molecule has 0 radical (unpaired) electrons. The van der Waals surface area contributed by atoms with E-state index in [4.69, 9.17) is 18.9 Å². The first kappa shape index (κ1) is 58.4. The van der Waals surface area contributed by atoms with Crippen LogP contribution in [0.15, 0.2) is 60.8 Å². The van der Waals surface area contributed by atoms with Crippen molar-refractivity contribution in [1.82, 2.24) is 0 Å². The van der Waals surface area contributed by atoms with Gasteiger partial charge in [-0.15, -0.1) is 0 Å². The Labute approximate surface area is 381 Å². The van der Waals surface area contributed by atoms with Gasteiger partial charge in [0.25, 0.3) is 10.1 Å². The summed E-state index contributed by atoms with van der Waals surface area (Å²) in [4.78, 5) is 25.4. The van der Waals surface area contributed by atoms with Crippen LogP contribution in [0, 0.1) is 0 Å². The van der Waals surface area contributed by atoms with Crippen molar-refractivity contribution in [3.63, 3.8) is 0 Å². The number of rotatable bonds is 40. The van der Waals surface area contributed by atoms with Crippen LogP contribution in [0.25, 0.3) is 0 Å². The topological polar surface area (TPSA) is 186 Å². The molecule has 2 unspecified atom stereocenters. The summed E-state index contributed by atoms with van der Waals surface area (Å²) in [7, 11) is -4.61. The third-order valence-electron chi connectivity index (χ3n) is 10.9. The maximum Gasteiger partial charge on any atom is 0.306 e. The van der Waals surface area contributed by atoms with Crippen molar-refractivity contribution in [3.8, 4) is 0 Å². The molecule has 1 heterocycles. The molecule has 0 bridgehead atoms. The van der Waals surface area contributed by atoms with E-state index in [1.165, 1.54) is 96.3 Å². The third-order valence-corrected chi connectivity index (χ3v) is 11.6. The minimum absolute atomic E-state index is 0.0403. The molecule has 0 spiro atoms. The lowest BCUT2D eigenvalue weighted by atomic mass is 10.00. The van der Waals surface area contributed by atoms with E-state index in [1.54, 1.807) is 0 Å². The van der Waals surface area contributed by atoms with Crippen molar-refractivity contribution in [2.75, 3.05) is 19.0 Å². The molecular weight excluding hydrogens is 825 g/mol. The minimum atomic E-state index is -4.61. The maximum atomic E-state index is 12.8. The van der Waals surface area contributed by atoms with Gasteiger partial charge >= 0.3 is 11.9 Å². The second-order valence-electron chi connectivity index (χ2n) is 16.8. The first-order valence-corrected chi connectivity index (χ1v) is 26.0. The molecule has 1 fully saturated rings. The fraction of sp³-hybridized carbons (Fsp3) is 0.760. The number of hydrogen-bond donors (Lipinski definition) is 4. The molecule has 4 N–H and O–H groups in total. The van der Waals surface area contributed by atoms with Crippen LogP contribution in [0.4, 0.5) is 0 Å². The molecular formula is C50H86O12S. The number of allylic oxidation sites excluding steroid dienone is 10. The van der Waals surface area contributed by atoms with Crippen molar-refractivity contribution < 1.29 is 56.8 Å². The molecule has 0 amide bonds. The molecule has 12 nitrogen and oxygen atoms in total. The molecule has 364 valence electrons. The van der Waals surface area contributed by atoms with Crippen molar-refractivity contribution in [1.29, 1.82) is 0 Å². The minimum Gasteiger partial charge on any atom is -0.462 e. The molecule has 0 aromatic heterocycles. The summed E-state index contributed by atoms with van der Waals surface area (Å²) in [5, 5.41) is 30.9.